The van der Waals surface area contributed by atoms with Crippen molar-refractivity contribution < 1.29 is 9.15 Å². The largest absolute Gasteiger partial charge is 0.444 e. The molecule has 0 bridgehead atoms. The summed E-state index contributed by atoms with van der Waals surface area (Å²) in [4.78, 5) is 4.41. The van der Waals surface area contributed by atoms with E-state index in [0.717, 1.165) is 17.8 Å². The number of oxazole rings is 1. The Morgan fingerprint density at radius 1 is 1.29 bits per heavy atom. The van der Waals surface area contributed by atoms with E-state index in [4.69, 9.17) is 9.15 Å². The topological polar surface area (TPSA) is 47.3 Å². The maximum atomic E-state index is 5.43. The molecule has 4 nitrogen and oxygen atoms in total. The summed E-state index contributed by atoms with van der Waals surface area (Å²) in [6.45, 7) is 2.20. The predicted molar refractivity (Wildman–Crippen MR) is 65.5 cm³/mol. The average molecular weight is 232 g/mol. The Bertz CT molecular complexity index is 440. The van der Waals surface area contributed by atoms with E-state index in [1.165, 1.54) is 0 Å². The first-order chi connectivity index (χ1) is 8.40. The van der Waals surface area contributed by atoms with Gasteiger partial charge in [0.25, 0.3) is 0 Å². The Morgan fingerprint density at radius 2 is 2.12 bits per heavy atom. The van der Waals surface area contributed by atoms with Crippen LogP contribution in [-0.4, -0.2) is 25.2 Å². The Balaban J connectivity index is 1.92. The van der Waals surface area contributed by atoms with Gasteiger partial charge in [-0.25, -0.2) is 4.98 Å². The molecule has 90 valence electrons. The van der Waals surface area contributed by atoms with E-state index in [9.17, 15) is 0 Å². The third kappa shape index (κ3) is 3.41. The first-order valence-corrected chi connectivity index (χ1v) is 5.59. The van der Waals surface area contributed by atoms with E-state index < -0.39 is 0 Å². The molecule has 0 saturated carbocycles. The van der Waals surface area contributed by atoms with Gasteiger partial charge in [-0.15, -0.1) is 0 Å². The maximum absolute atomic E-state index is 5.43. The van der Waals surface area contributed by atoms with Crippen molar-refractivity contribution in [3.05, 3.63) is 42.3 Å². The number of ether oxygens (including phenoxy) is 1. The number of nitrogens with one attached hydrogen (secondary N) is 1. The second kappa shape index (κ2) is 6.18. The van der Waals surface area contributed by atoms with Crippen molar-refractivity contribution in [1.29, 1.82) is 0 Å². The molecule has 0 spiro atoms. The highest BCUT2D eigenvalue weighted by Gasteiger charge is 2.05. The summed E-state index contributed by atoms with van der Waals surface area (Å²) in [5.41, 5.74) is 1.90. The Hall–Kier alpha value is -1.65. The number of hydrogen-bond acceptors (Lipinski definition) is 4. The van der Waals surface area contributed by atoms with Crippen LogP contribution in [0, 0.1) is 0 Å². The van der Waals surface area contributed by atoms with Gasteiger partial charge in [0.15, 0.2) is 0 Å². The number of hydrogen-bond donors (Lipinski definition) is 1. The van der Waals surface area contributed by atoms with Gasteiger partial charge in [-0.2, -0.15) is 0 Å². The van der Waals surface area contributed by atoms with E-state index in [-0.39, 0.29) is 0 Å². The summed E-state index contributed by atoms with van der Waals surface area (Å²) in [5.74, 6) is 0.661. The van der Waals surface area contributed by atoms with Crippen LogP contribution in [0.4, 0.5) is 0 Å². The molecule has 0 aliphatic carbocycles. The fourth-order valence-electron chi connectivity index (χ4n) is 1.49. The lowest BCUT2D eigenvalue weighted by Gasteiger charge is -1.99. The highest BCUT2D eigenvalue weighted by molar-refractivity contribution is 5.52. The molecule has 17 heavy (non-hydrogen) atoms. The van der Waals surface area contributed by atoms with Crippen LogP contribution >= 0.6 is 0 Å². The SMILES string of the molecule is COCCNCc1coc(-c2ccccc2)n1. The third-order valence-corrected chi connectivity index (χ3v) is 2.36. The van der Waals surface area contributed by atoms with Crippen molar-refractivity contribution in [2.24, 2.45) is 0 Å². The number of aromatic nitrogens is 1. The summed E-state index contributed by atoms with van der Waals surface area (Å²) in [5, 5.41) is 3.22. The smallest absolute Gasteiger partial charge is 0.226 e. The molecule has 1 heterocycles. The highest BCUT2D eigenvalue weighted by atomic mass is 16.5. The van der Waals surface area contributed by atoms with Crippen LogP contribution in [0.5, 0.6) is 0 Å². The van der Waals surface area contributed by atoms with Gasteiger partial charge in [0.1, 0.15) is 6.26 Å². The minimum absolute atomic E-state index is 0.661. The third-order valence-electron chi connectivity index (χ3n) is 2.36. The minimum atomic E-state index is 0.661. The fraction of sp³-hybridized carbons (Fsp3) is 0.308. The van der Waals surface area contributed by atoms with E-state index >= 15 is 0 Å². The molecule has 2 aromatic rings. The zero-order valence-electron chi connectivity index (χ0n) is 9.85. The van der Waals surface area contributed by atoms with Crippen LogP contribution in [0.15, 0.2) is 41.0 Å². The van der Waals surface area contributed by atoms with Gasteiger partial charge in [0, 0.05) is 25.8 Å². The van der Waals surface area contributed by atoms with E-state index in [0.29, 0.717) is 19.0 Å². The molecular weight excluding hydrogens is 216 g/mol. The highest BCUT2D eigenvalue weighted by Crippen LogP contribution is 2.17. The van der Waals surface area contributed by atoms with Crippen LogP contribution in [0.3, 0.4) is 0 Å². The minimum Gasteiger partial charge on any atom is -0.444 e. The average Bonchev–Trinajstić information content (AvgIpc) is 2.85. The summed E-state index contributed by atoms with van der Waals surface area (Å²) in [6.07, 6.45) is 1.68. The zero-order chi connectivity index (χ0) is 11.9. The van der Waals surface area contributed by atoms with Gasteiger partial charge in [0.2, 0.25) is 5.89 Å². The summed E-state index contributed by atoms with van der Waals surface area (Å²) in [6, 6.07) is 9.87. The summed E-state index contributed by atoms with van der Waals surface area (Å²) in [7, 11) is 1.69. The van der Waals surface area contributed by atoms with E-state index in [1.807, 2.05) is 30.3 Å². The summed E-state index contributed by atoms with van der Waals surface area (Å²) < 4.78 is 10.4. The monoisotopic (exact) mass is 232 g/mol. The quantitative estimate of drug-likeness (QED) is 0.775. The van der Waals surface area contributed by atoms with Crippen molar-refractivity contribution in [2.45, 2.75) is 6.54 Å². The maximum Gasteiger partial charge on any atom is 0.226 e. The molecule has 0 saturated heterocycles. The molecule has 1 N–H and O–H groups in total. The van der Waals surface area contributed by atoms with E-state index in [2.05, 4.69) is 10.3 Å². The molecule has 0 fully saturated rings. The Kier molecular flexibility index (Phi) is 4.30. The lowest BCUT2D eigenvalue weighted by atomic mass is 10.2. The van der Waals surface area contributed by atoms with Crippen LogP contribution in [0.1, 0.15) is 5.69 Å². The molecule has 1 aromatic carbocycles. The van der Waals surface area contributed by atoms with Gasteiger partial charge < -0.3 is 14.5 Å². The van der Waals surface area contributed by atoms with Gasteiger partial charge in [-0.3, -0.25) is 0 Å². The number of nitrogens with zero attached hydrogens (tertiary/aromatic N) is 1. The van der Waals surface area contributed by atoms with Crippen LogP contribution in [0.25, 0.3) is 11.5 Å². The van der Waals surface area contributed by atoms with Crippen molar-refractivity contribution in [3.8, 4) is 11.5 Å². The molecule has 4 heteroatoms. The van der Waals surface area contributed by atoms with Gasteiger partial charge in [0.05, 0.1) is 12.3 Å². The second-order valence-corrected chi connectivity index (χ2v) is 3.68. The molecule has 0 aliphatic rings. The van der Waals surface area contributed by atoms with Crippen molar-refractivity contribution in [3.63, 3.8) is 0 Å². The zero-order valence-corrected chi connectivity index (χ0v) is 9.85. The first kappa shape index (κ1) is 11.8. The standard InChI is InChI=1S/C13H16N2O2/c1-16-8-7-14-9-12-10-17-13(15-12)11-5-3-2-4-6-11/h2-6,10,14H,7-9H2,1H3. The van der Waals surface area contributed by atoms with Gasteiger partial charge >= 0.3 is 0 Å². The van der Waals surface area contributed by atoms with Gasteiger partial charge in [-0.05, 0) is 12.1 Å². The van der Waals surface area contributed by atoms with E-state index in [1.54, 1.807) is 13.4 Å². The molecule has 0 unspecified atom stereocenters. The predicted octanol–water partition coefficient (Wildman–Crippen LogP) is 2.08. The molecule has 0 aliphatic heterocycles. The van der Waals surface area contributed by atoms with Gasteiger partial charge in [-0.1, -0.05) is 18.2 Å². The van der Waals surface area contributed by atoms with Crippen LogP contribution < -0.4 is 5.32 Å². The van der Waals surface area contributed by atoms with Crippen LogP contribution in [0.2, 0.25) is 0 Å². The normalized spacial score (nSPS) is 10.6. The fourth-order valence-corrected chi connectivity index (χ4v) is 1.49. The number of benzene rings is 1. The molecule has 1 aromatic heterocycles. The second-order valence-electron chi connectivity index (χ2n) is 3.68. The number of rotatable bonds is 6. The summed E-state index contributed by atoms with van der Waals surface area (Å²) >= 11 is 0. The number of methoxy groups -OCH3 is 1. The Morgan fingerprint density at radius 3 is 2.88 bits per heavy atom. The Labute approximate surface area is 101 Å². The lowest BCUT2D eigenvalue weighted by Crippen LogP contribution is -2.18. The molecule has 0 radical (unpaired) electrons. The van der Waals surface area contributed by atoms with Crippen molar-refractivity contribution in [2.75, 3.05) is 20.3 Å². The molecule has 0 atom stereocenters. The van der Waals surface area contributed by atoms with Crippen molar-refractivity contribution >= 4 is 0 Å². The molecule has 0 amide bonds. The van der Waals surface area contributed by atoms with Crippen molar-refractivity contribution in [1.82, 2.24) is 10.3 Å². The lowest BCUT2D eigenvalue weighted by molar-refractivity contribution is 0.199. The van der Waals surface area contributed by atoms with Crippen LogP contribution in [-0.2, 0) is 11.3 Å². The molecular formula is C13H16N2O2. The molecule has 2 rings (SSSR count). The first-order valence-electron chi connectivity index (χ1n) is 5.59.